The molecule has 1 amide bonds. The molecule has 0 bridgehead atoms. The number of carbonyl (C=O) groups is 1. The first-order valence-corrected chi connectivity index (χ1v) is 5.55. The van der Waals surface area contributed by atoms with Gasteiger partial charge in [-0.3, -0.25) is 4.79 Å². The molecule has 2 nitrogen and oxygen atoms in total. The summed E-state index contributed by atoms with van der Waals surface area (Å²) in [5, 5.41) is 7.01. The third-order valence-electron chi connectivity index (χ3n) is 2.59. The fourth-order valence-corrected chi connectivity index (χ4v) is 2.17. The molecule has 1 heterocycles. The minimum Gasteiger partial charge on any atom is -0.325 e. The van der Waals surface area contributed by atoms with E-state index in [9.17, 15) is 4.79 Å². The molecule has 0 atom stereocenters. The number of thiophene rings is 1. The summed E-state index contributed by atoms with van der Waals surface area (Å²) in [7, 11) is 0. The van der Waals surface area contributed by atoms with Gasteiger partial charge in [0.15, 0.2) is 0 Å². The van der Waals surface area contributed by atoms with Crippen molar-refractivity contribution in [2.24, 2.45) is 5.92 Å². The Balaban J connectivity index is 1.97. The summed E-state index contributed by atoms with van der Waals surface area (Å²) in [5.74, 6) is 0.479. The summed E-state index contributed by atoms with van der Waals surface area (Å²) in [6.45, 7) is 2.02. The van der Waals surface area contributed by atoms with Crippen LogP contribution in [0.25, 0.3) is 0 Å². The van der Waals surface area contributed by atoms with Crippen molar-refractivity contribution >= 4 is 22.9 Å². The predicted molar refractivity (Wildman–Crippen MR) is 55.0 cm³/mol. The van der Waals surface area contributed by atoms with Crippen molar-refractivity contribution in [1.29, 1.82) is 0 Å². The zero-order valence-corrected chi connectivity index (χ0v) is 8.49. The van der Waals surface area contributed by atoms with Gasteiger partial charge >= 0.3 is 0 Å². The molecule has 1 aromatic heterocycles. The van der Waals surface area contributed by atoms with Crippen molar-refractivity contribution in [2.45, 2.75) is 26.2 Å². The fourth-order valence-electron chi connectivity index (χ4n) is 1.39. The van der Waals surface area contributed by atoms with Crippen molar-refractivity contribution in [3.63, 3.8) is 0 Å². The molecule has 1 fully saturated rings. The number of amides is 1. The predicted octanol–water partition coefficient (Wildman–Crippen LogP) is 2.80. The summed E-state index contributed by atoms with van der Waals surface area (Å²) in [6, 6.07) is 0. The maximum Gasteiger partial charge on any atom is 0.227 e. The second-order valence-corrected chi connectivity index (χ2v) is 4.33. The Morgan fingerprint density at radius 2 is 2.31 bits per heavy atom. The van der Waals surface area contributed by atoms with Gasteiger partial charge < -0.3 is 5.32 Å². The highest BCUT2D eigenvalue weighted by Gasteiger charge is 2.25. The number of rotatable bonds is 2. The Bertz CT molecular complexity index is 314. The summed E-state index contributed by atoms with van der Waals surface area (Å²) in [6.07, 6.45) is 3.34. The lowest BCUT2D eigenvalue weighted by molar-refractivity contribution is -0.122. The van der Waals surface area contributed by atoms with E-state index in [0.29, 0.717) is 0 Å². The number of carbonyl (C=O) groups excluding carboxylic acids is 1. The monoisotopic (exact) mass is 195 g/mol. The van der Waals surface area contributed by atoms with Crippen LogP contribution in [0.3, 0.4) is 0 Å². The SMILES string of the molecule is Cc1cscc1NC(=O)C1CCC1. The molecule has 1 aromatic rings. The van der Waals surface area contributed by atoms with E-state index in [1.807, 2.05) is 12.3 Å². The van der Waals surface area contributed by atoms with Crippen LogP contribution < -0.4 is 5.32 Å². The number of hydrogen-bond acceptors (Lipinski definition) is 2. The van der Waals surface area contributed by atoms with Crippen molar-refractivity contribution in [1.82, 2.24) is 0 Å². The van der Waals surface area contributed by atoms with Gasteiger partial charge in [-0.1, -0.05) is 6.42 Å². The zero-order chi connectivity index (χ0) is 9.26. The van der Waals surface area contributed by atoms with Crippen molar-refractivity contribution in [3.05, 3.63) is 16.3 Å². The van der Waals surface area contributed by atoms with Crippen LogP contribution in [0.5, 0.6) is 0 Å². The van der Waals surface area contributed by atoms with E-state index in [0.717, 1.165) is 24.1 Å². The van der Waals surface area contributed by atoms with E-state index < -0.39 is 0 Å². The second-order valence-electron chi connectivity index (χ2n) is 3.59. The molecule has 70 valence electrons. The maximum absolute atomic E-state index is 11.5. The first-order chi connectivity index (χ1) is 6.27. The van der Waals surface area contributed by atoms with Crippen LogP contribution in [0.4, 0.5) is 5.69 Å². The van der Waals surface area contributed by atoms with Crippen LogP contribution in [0.1, 0.15) is 24.8 Å². The molecule has 0 radical (unpaired) electrons. The zero-order valence-electron chi connectivity index (χ0n) is 7.67. The Labute approximate surface area is 82.0 Å². The number of hydrogen-bond donors (Lipinski definition) is 1. The number of aryl methyl sites for hydroxylation is 1. The average Bonchev–Trinajstić information content (AvgIpc) is 2.32. The molecule has 1 saturated carbocycles. The van der Waals surface area contributed by atoms with Crippen molar-refractivity contribution in [2.75, 3.05) is 5.32 Å². The van der Waals surface area contributed by atoms with Crippen LogP contribution in [0.2, 0.25) is 0 Å². The number of nitrogens with one attached hydrogen (secondary N) is 1. The second kappa shape index (κ2) is 3.50. The third-order valence-corrected chi connectivity index (χ3v) is 3.45. The largest absolute Gasteiger partial charge is 0.325 e. The van der Waals surface area contributed by atoms with Gasteiger partial charge in [0.05, 0.1) is 5.69 Å². The van der Waals surface area contributed by atoms with E-state index in [-0.39, 0.29) is 11.8 Å². The first-order valence-electron chi connectivity index (χ1n) is 4.61. The molecule has 0 unspecified atom stereocenters. The first kappa shape index (κ1) is 8.75. The molecule has 1 N–H and O–H groups in total. The molecule has 1 aliphatic rings. The highest BCUT2D eigenvalue weighted by Crippen LogP contribution is 2.28. The summed E-state index contributed by atoms with van der Waals surface area (Å²) < 4.78 is 0. The van der Waals surface area contributed by atoms with E-state index in [2.05, 4.69) is 10.7 Å². The van der Waals surface area contributed by atoms with E-state index >= 15 is 0 Å². The van der Waals surface area contributed by atoms with Crippen molar-refractivity contribution in [3.8, 4) is 0 Å². The third kappa shape index (κ3) is 1.75. The van der Waals surface area contributed by atoms with Gasteiger partial charge in [0.1, 0.15) is 0 Å². The molecule has 13 heavy (non-hydrogen) atoms. The van der Waals surface area contributed by atoms with Crippen LogP contribution >= 0.6 is 11.3 Å². The Morgan fingerprint density at radius 1 is 1.54 bits per heavy atom. The minimum absolute atomic E-state index is 0.202. The Morgan fingerprint density at radius 3 is 2.77 bits per heavy atom. The highest BCUT2D eigenvalue weighted by molar-refractivity contribution is 7.08. The van der Waals surface area contributed by atoms with Gasteiger partial charge in [-0.2, -0.15) is 0 Å². The van der Waals surface area contributed by atoms with Crippen LogP contribution in [-0.2, 0) is 4.79 Å². The van der Waals surface area contributed by atoms with Crippen LogP contribution in [0.15, 0.2) is 10.8 Å². The molecule has 0 aliphatic heterocycles. The smallest absolute Gasteiger partial charge is 0.227 e. The molecule has 2 rings (SSSR count). The van der Waals surface area contributed by atoms with Crippen LogP contribution in [0, 0.1) is 12.8 Å². The van der Waals surface area contributed by atoms with Gasteiger partial charge in [0.2, 0.25) is 5.91 Å². The van der Waals surface area contributed by atoms with E-state index in [1.165, 1.54) is 6.42 Å². The quantitative estimate of drug-likeness (QED) is 0.772. The lowest BCUT2D eigenvalue weighted by Crippen LogP contribution is -2.28. The minimum atomic E-state index is 0.202. The maximum atomic E-state index is 11.5. The topological polar surface area (TPSA) is 29.1 Å². The van der Waals surface area contributed by atoms with Gasteiger partial charge in [0.25, 0.3) is 0 Å². The van der Waals surface area contributed by atoms with E-state index in [4.69, 9.17) is 0 Å². The summed E-state index contributed by atoms with van der Waals surface area (Å²) in [5.41, 5.74) is 2.15. The lowest BCUT2D eigenvalue weighted by Gasteiger charge is -2.23. The van der Waals surface area contributed by atoms with Gasteiger partial charge in [-0.05, 0) is 30.7 Å². The van der Waals surface area contributed by atoms with Crippen molar-refractivity contribution < 1.29 is 4.79 Å². The van der Waals surface area contributed by atoms with Gasteiger partial charge in [-0.15, -0.1) is 11.3 Å². The average molecular weight is 195 g/mol. The fraction of sp³-hybridized carbons (Fsp3) is 0.500. The van der Waals surface area contributed by atoms with Gasteiger partial charge in [0, 0.05) is 11.3 Å². The Hall–Kier alpha value is -0.830. The summed E-state index contributed by atoms with van der Waals surface area (Å²) in [4.78, 5) is 11.5. The lowest BCUT2D eigenvalue weighted by atomic mass is 9.85. The molecular formula is C10H13NOS. The number of anilines is 1. The molecule has 0 saturated heterocycles. The normalized spacial score (nSPS) is 16.7. The molecule has 1 aliphatic carbocycles. The molecule has 0 aromatic carbocycles. The molecular weight excluding hydrogens is 182 g/mol. The van der Waals surface area contributed by atoms with Crippen LogP contribution in [-0.4, -0.2) is 5.91 Å². The Kier molecular flexibility index (Phi) is 2.36. The van der Waals surface area contributed by atoms with E-state index in [1.54, 1.807) is 11.3 Å². The molecule has 0 spiro atoms. The highest BCUT2D eigenvalue weighted by atomic mass is 32.1. The van der Waals surface area contributed by atoms with Gasteiger partial charge in [-0.25, -0.2) is 0 Å². The molecule has 3 heteroatoms. The summed E-state index contributed by atoms with van der Waals surface area (Å²) >= 11 is 1.63. The standard InChI is InChI=1S/C10H13NOS/c1-7-5-13-6-9(7)11-10(12)8-3-2-4-8/h5-6,8H,2-4H2,1H3,(H,11,12).